The summed E-state index contributed by atoms with van der Waals surface area (Å²) in [5.41, 5.74) is 3.57. The molecule has 2 rings (SSSR count). The SMILES string of the molecule is CCS(=O)(=O)N(C)c1ccc(C(=O)NCCCc2cccc(C)c2)cc1. The van der Waals surface area contributed by atoms with Crippen molar-refractivity contribution in [1.82, 2.24) is 5.32 Å². The van der Waals surface area contributed by atoms with E-state index in [1.165, 1.54) is 22.5 Å². The lowest BCUT2D eigenvalue weighted by molar-refractivity contribution is 0.0953. The van der Waals surface area contributed by atoms with Crippen LogP contribution in [0.25, 0.3) is 0 Å². The van der Waals surface area contributed by atoms with Crippen molar-refractivity contribution < 1.29 is 13.2 Å². The Morgan fingerprint density at radius 3 is 2.42 bits per heavy atom. The molecule has 0 bridgehead atoms. The van der Waals surface area contributed by atoms with Gasteiger partial charge in [-0.15, -0.1) is 0 Å². The van der Waals surface area contributed by atoms with Crippen LogP contribution in [0.15, 0.2) is 48.5 Å². The fourth-order valence-electron chi connectivity index (χ4n) is 2.64. The Labute approximate surface area is 156 Å². The Kier molecular flexibility index (Phi) is 6.80. The summed E-state index contributed by atoms with van der Waals surface area (Å²) in [6, 6.07) is 14.9. The molecule has 1 amide bonds. The average Bonchev–Trinajstić information content (AvgIpc) is 2.64. The zero-order valence-electron chi connectivity index (χ0n) is 15.5. The minimum Gasteiger partial charge on any atom is -0.352 e. The van der Waals surface area contributed by atoms with Crippen LogP contribution in [-0.2, 0) is 16.4 Å². The first-order valence-electron chi connectivity index (χ1n) is 8.74. The lowest BCUT2D eigenvalue weighted by atomic mass is 10.1. The summed E-state index contributed by atoms with van der Waals surface area (Å²) in [6.07, 6.45) is 1.78. The van der Waals surface area contributed by atoms with E-state index in [0.717, 1.165) is 12.8 Å². The molecule has 0 fully saturated rings. The molecular formula is C20H26N2O3S. The van der Waals surface area contributed by atoms with Gasteiger partial charge >= 0.3 is 0 Å². The topological polar surface area (TPSA) is 66.5 Å². The van der Waals surface area contributed by atoms with Crippen LogP contribution in [-0.4, -0.2) is 33.7 Å². The number of aryl methyl sites for hydroxylation is 2. The minimum atomic E-state index is -3.30. The molecule has 0 radical (unpaired) electrons. The monoisotopic (exact) mass is 374 g/mol. The Balaban J connectivity index is 1.86. The van der Waals surface area contributed by atoms with Gasteiger partial charge in [-0.05, 0) is 56.5 Å². The number of carbonyl (C=O) groups excluding carboxylic acids is 1. The average molecular weight is 375 g/mol. The van der Waals surface area contributed by atoms with E-state index in [1.54, 1.807) is 31.2 Å². The molecular weight excluding hydrogens is 348 g/mol. The third kappa shape index (κ3) is 5.33. The quantitative estimate of drug-likeness (QED) is 0.722. The van der Waals surface area contributed by atoms with Crippen LogP contribution >= 0.6 is 0 Å². The molecule has 0 aliphatic heterocycles. The fraction of sp³-hybridized carbons (Fsp3) is 0.350. The first-order valence-corrected chi connectivity index (χ1v) is 10.3. The summed E-state index contributed by atoms with van der Waals surface area (Å²) >= 11 is 0. The molecule has 0 atom stereocenters. The maximum atomic E-state index is 12.2. The fourth-order valence-corrected chi connectivity index (χ4v) is 3.47. The molecule has 0 unspecified atom stereocenters. The number of hydrogen-bond donors (Lipinski definition) is 1. The van der Waals surface area contributed by atoms with Crippen molar-refractivity contribution in [3.05, 3.63) is 65.2 Å². The van der Waals surface area contributed by atoms with Gasteiger partial charge in [0.25, 0.3) is 5.91 Å². The third-order valence-corrected chi connectivity index (χ3v) is 6.06. The van der Waals surface area contributed by atoms with Crippen molar-refractivity contribution in [2.24, 2.45) is 0 Å². The predicted molar refractivity (Wildman–Crippen MR) is 106 cm³/mol. The summed E-state index contributed by atoms with van der Waals surface area (Å²) in [5.74, 6) is -0.117. The van der Waals surface area contributed by atoms with Gasteiger partial charge in [0.05, 0.1) is 11.4 Å². The van der Waals surface area contributed by atoms with Gasteiger partial charge in [0.1, 0.15) is 0 Å². The smallest absolute Gasteiger partial charge is 0.251 e. The molecule has 0 aliphatic carbocycles. The number of anilines is 1. The van der Waals surface area contributed by atoms with E-state index in [-0.39, 0.29) is 11.7 Å². The first-order chi connectivity index (χ1) is 12.3. The highest BCUT2D eigenvalue weighted by atomic mass is 32.2. The van der Waals surface area contributed by atoms with Gasteiger partial charge in [0, 0.05) is 19.2 Å². The number of hydrogen-bond acceptors (Lipinski definition) is 3. The van der Waals surface area contributed by atoms with Crippen molar-refractivity contribution in [3.8, 4) is 0 Å². The second-order valence-electron chi connectivity index (χ2n) is 6.26. The Hall–Kier alpha value is -2.34. The molecule has 5 nitrogen and oxygen atoms in total. The zero-order valence-corrected chi connectivity index (χ0v) is 16.3. The molecule has 0 saturated carbocycles. The highest BCUT2D eigenvalue weighted by molar-refractivity contribution is 7.92. The van der Waals surface area contributed by atoms with Crippen LogP contribution in [0.4, 0.5) is 5.69 Å². The summed E-state index contributed by atoms with van der Waals surface area (Å²) in [4.78, 5) is 12.2. The molecule has 0 spiro atoms. The maximum absolute atomic E-state index is 12.2. The molecule has 0 aliphatic rings. The Morgan fingerprint density at radius 1 is 1.12 bits per heavy atom. The maximum Gasteiger partial charge on any atom is 0.251 e. The molecule has 140 valence electrons. The van der Waals surface area contributed by atoms with E-state index in [9.17, 15) is 13.2 Å². The van der Waals surface area contributed by atoms with E-state index in [4.69, 9.17) is 0 Å². The molecule has 2 aromatic carbocycles. The number of nitrogens with zero attached hydrogens (tertiary/aromatic N) is 1. The number of nitrogens with one attached hydrogen (secondary N) is 1. The minimum absolute atomic E-state index is 0.0344. The van der Waals surface area contributed by atoms with E-state index >= 15 is 0 Å². The molecule has 26 heavy (non-hydrogen) atoms. The van der Waals surface area contributed by atoms with Crippen molar-refractivity contribution >= 4 is 21.6 Å². The Morgan fingerprint density at radius 2 is 1.81 bits per heavy atom. The summed E-state index contributed by atoms with van der Waals surface area (Å²) in [5, 5.41) is 2.90. The lowest BCUT2D eigenvalue weighted by Crippen LogP contribution is -2.28. The number of amides is 1. The van der Waals surface area contributed by atoms with Gasteiger partial charge in [0.2, 0.25) is 10.0 Å². The van der Waals surface area contributed by atoms with Crippen LogP contribution in [0, 0.1) is 6.92 Å². The van der Waals surface area contributed by atoms with Gasteiger partial charge in [-0.3, -0.25) is 9.10 Å². The molecule has 0 heterocycles. The van der Waals surface area contributed by atoms with Gasteiger partial charge < -0.3 is 5.32 Å². The number of benzene rings is 2. The Bertz CT molecular complexity index is 846. The van der Waals surface area contributed by atoms with Crippen molar-refractivity contribution in [2.45, 2.75) is 26.7 Å². The van der Waals surface area contributed by atoms with E-state index in [1.807, 2.05) is 6.07 Å². The van der Waals surface area contributed by atoms with Crippen LogP contribution in [0.2, 0.25) is 0 Å². The molecule has 0 aromatic heterocycles. The second-order valence-corrected chi connectivity index (χ2v) is 8.55. The summed E-state index contributed by atoms with van der Waals surface area (Å²) in [6.45, 7) is 4.27. The van der Waals surface area contributed by atoms with E-state index < -0.39 is 10.0 Å². The lowest BCUT2D eigenvalue weighted by Gasteiger charge is -2.18. The zero-order chi connectivity index (χ0) is 19.2. The van der Waals surface area contributed by atoms with E-state index in [2.05, 4.69) is 30.4 Å². The number of rotatable bonds is 8. The van der Waals surface area contributed by atoms with Crippen LogP contribution in [0.1, 0.15) is 34.8 Å². The summed E-state index contributed by atoms with van der Waals surface area (Å²) < 4.78 is 25.0. The van der Waals surface area contributed by atoms with Crippen LogP contribution < -0.4 is 9.62 Å². The van der Waals surface area contributed by atoms with Crippen LogP contribution in [0.3, 0.4) is 0 Å². The number of sulfonamides is 1. The predicted octanol–water partition coefficient (Wildman–Crippen LogP) is 3.14. The molecule has 2 aromatic rings. The van der Waals surface area contributed by atoms with Gasteiger partial charge in [-0.1, -0.05) is 29.8 Å². The second kappa shape index (κ2) is 8.85. The van der Waals surface area contributed by atoms with Gasteiger partial charge in [-0.25, -0.2) is 8.42 Å². The van der Waals surface area contributed by atoms with Crippen LogP contribution in [0.5, 0.6) is 0 Å². The highest BCUT2D eigenvalue weighted by Gasteiger charge is 2.16. The molecule has 0 saturated heterocycles. The van der Waals surface area contributed by atoms with Gasteiger partial charge in [-0.2, -0.15) is 0 Å². The molecule has 6 heteroatoms. The van der Waals surface area contributed by atoms with Crippen molar-refractivity contribution in [3.63, 3.8) is 0 Å². The number of carbonyl (C=O) groups is 1. The van der Waals surface area contributed by atoms with Crippen molar-refractivity contribution in [2.75, 3.05) is 23.7 Å². The highest BCUT2D eigenvalue weighted by Crippen LogP contribution is 2.17. The van der Waals surface area contributed by atoms with Crippen molar-refractivity contribution in [1.29, 1.82) is 0 Å². The third-order valence-electron chi connectivity index (χ3n) is 4.29. The molecule has 1 N–H and O–H groups in total. The van der Waals surface area contributed by atoms with E-state index in [0.29, 0.717) is 17.8 Å². The van der Waals surface area contributed by atoms with Gasteiger partial charge in [0.15, 0.2) is 0 Å². The normalized spacial score (nSPS) is 11.2. The summed E-state index contributed by atoms with van der Waals surface area (Å²) in [7, 11) is -1.79. The standard InChI is InChI=1S/C20H26N2O3S/c1-4-26(24,25)22(3)19-12-10-18(11-13-19)20(23)21-14-6-9-17-8-5-7-16(2)15-17/h5,7-8,10-13,15H,4,6,9,14H2,1-3H3,(H,21,23). The largest absolute Gasteiger partial charge is 0.352 e. The first kappa shape index (κ1) is 20.0.